The number of rotatable bonds is 4. The molecular formula is C24H29N5O3. The fourth-order valence-electron chi connectivity index (χ4n) is 2.81. The van der Waals surface area contributed by atoms with Gasteiger partial charge in [0.05, 0.1) is 5.69 Å². The summed E-state index contributed by atoms with van der Waals surface area (Å²) in [5, 5.41) is 10.2. The van der Waals surface area contributed by atoms with Crippen molar-refractivity contribution in [1.82, 2.24) is 14.8 Å². The van der Waals surface area contributed by atoms with Gasteiger partial charge in [-0.3, -0.25) is 10.1 Å². The first-order valence-corrected chi connectivity index (χ1v) is 10.4. The number of benzene rings is 1. The highest BCUT2D eigenvalue weighted by molar-refractivity contribution is 6.04. The van der Waals surface area contributed by atoms with E-state index < -0.39 is 11.7 Å². The van der Waals surface area contributed by atoms with Crippen molar-refractivity contribution in [3.63, 3.8) is 0 Å². The Morgan fingerprint density at radius 3 is 2.19 bits per heavy atom. The Morgan fingerprint density at radius 1 is 0.938 bits per heavy atom. The first-order valence-electron chi connectivity index (χ1n) is 10.4. The van der Waals surface area contributed by atoms with Crippen LogP contribution in [0.4, 0.5) is 16.3 Å². The maximum atomic E-state index is 12.9. The predicted octanol–water partition coefficient (Wildman–Crippen LogP) is 5.16. The van der Waals surface area contributed by atoms with Crippen LogP contribution >= 0.6 is 0 Å². The zero-order valence-electron chi connectivity index (χ0n) is 19.3. The van der Waals surface area contributed by atoms with Crippen LogP contribution < -0.4 is 10.6 Å². The Labute approximate surface area is 188 Å². The Hall–Kier alpha value is -3.68. The lowest BCUT2D eigenvalue weighted by Crippen LogP contribution is -2.27. The van der Waals surface area contributed by atoms with E-state index in [1.54, 1.807) is 55.9 Å². The number of hydrogen-bond donors (Lipinski definition) is 2. The number of amides is 2. The summed E-state index contributed by atoms with van der Waals surface area (Å²) in [5.41, 5.74) is 1.01. The highest BCUT2D eigenvalue weighted by Gasteiger charge is 2.22. The van der Waals surface area contributed by atoms with Crippen molar-refractivity contribution < 1.29 is 14.3 Å². The molecule has 2 heterocycles. The maximum absolute atomic E-state index is 12.9. The second kappa shape index (κ2) is 8.82. The van der Waals surface area contributed by atoms with Crippen LogP contribution in [0.15, 0.2) is 54.7 Å². The minimum atomic E-state index is -0.591. The third-order valence-corrected chi connectivity index (χ3v) is 4.38. The van der Waals surface area contributed by atoms with Gasteiger partial charge in [0.1, 0.15) is 11.4 Å². The van der Waals surface area contributed by atoms with E-state index in [4.69, 9.17) is 4.74 Å². The molecule has 8 heteroatoms. The van der Waals surface area contributed by atoms with E-state index in [0.717, 1.165) is 5.69 Å². The van der Waals surface area contributed by atoms with Crippen LogP contribution in [0.25, 0.3) is 5.82 Å². The third kappa shape index (κ3) is 5.94. The minimum Gasteiger partial charge on any atom is -0.444 e. The largest absolute Gasteiger partial charge is 0.444 e. The van der Waals surface area contributed by atoms with Crippen LogP contribution in [0.1, 0.15) is 57.6 Å². The van der Waals surface area contributed by atoms with E-state index in [0.29, 0.717) is 22.9 Å². The highest BCUT2D eigenvalue weighted by atomic mass is 16.6. The molecule has 0 saturated heterocycles. The SMILES string of the molecule is CC(C)(C)OC(=O)Nc1ccc(C(=O)Nc2cc(C(C)(C)C)nn2-c2ccccn2)cc1. The molecule has 0 aliphatic rings. The summed E-state index contributed by atoms with van der Waals surface area (Å²) in [7, 11) is 0. The van der Waals surface area contributed by atoms with Gasteiger partial charge < -0.3 is 10.1 Å². The van der Waals surface area contributed by atoms with E-state index in [2.05, 4.69) is 41.5 Å². The van der Waals surface area contributed by atoms with E-state index in [1.807, 2.05) is 24.3 Å². The highest BCUT2D eigenvalue weighted by Crippen LogP contribution is 2.26. The van der Waals surface area contributed by atoms with Gasteiger partial charge in [0.25, 0.3) is 5.91 Å². The number of pyridine rings is 1. The molecule has 8 nitrogen and oxygen atoms in total. The molecule has 0 spiro atoms. The van der Waals surface area contributed by atoms with Crippen LogP contribution in [0.3, 0.4) is 0 Å². The van der Waals surface area contributed by atoms with E-state index in [-0.39, 0.29) is 11.3 Å². The number of nitrogens with one attached hydrogen (secondary N) is 2. The average Bonchev–Trinajstić information content (AvgIpc) is 3.12. The van der Waals surface area contributed by atoms with Crippen molar-refractivity contribution in [3.8, 4) is 5.82 Å². The number of ether oxygens (including phenoxy) is 1. The first kappa shape index (κ1) is 23.0. The molecule has 0 atom stereocenters. The van der Waals surface area contributed by atoms with Crippen molar-refractivity contribution in [1.29, 1.82) is 0 Å². The molecule has 0 aliphatic heterocycles. The molecule has 0 fully saturated rings. The van der Waals surface area contributed by atoms with Crippen LogP contribution in [-0.2, 0) is 10.2 Å². The van der Waals surface area contributed by atoms with Crippen LogP contribution in [-0.4, -0.2) is 32.4 Å². The summed E-state index contributed by atoms with van der Waals surface area (Å²) in [5.74, 6) is 0.830. The summed E-state index contributed by atoms with van der Waals surface area (Å²) in [6.07, 6.45) is 1.12. The lowest BCUT2D eigenvalue weighted by molar-refractivity contribution is 0.0636. The number of aromatic nitrogens is 3. The molecule has 1 aromatic carbocycles. The lowest BCUT2D eigenvalue weighted by Gasteiger charge is -2.19. The van der Waals surface area contributed by atoms with Crippen molar-refractivity contribution in [2.24, 2.45) is 0 Å². The van der Waals surface area contributed by atoms with Crippen molar-refractivity contribution >= 4 is 23.5 Å². The molecule has 2 amide bonds. The molecule has 168 valence electrons. The summed E-state index contributed by atoms with van der Waals surface area (Å²) in [6, 6.07) is 13.9. The molecule has 0 unspecified atom stereocenters. The van der Waals surface area contributed by atoms with Crippen LogP contribution in [0.2, 0.25) is 0 Å². The van der Waals surface area contributed by atoms with Crippen molar-refractivity contribution in [3.05, 3.63) is 66.0 Å². The van der Waals surface area contributed by atoms with E-state index in [9.17, 15) is 9.59 Å². The number of carbonyl (C=O) groups is 2. The Kier molecular flexibility index (Phi) is 6.34. The second-order valence-corrected chi connectivity index (χ2v) is 9.42. The minimum absolute atomic E-state index is 0.200. The molecule has 0 radical (unpaired) electrons. The summed E-state index contributed by atoms with van der Waals surface area (Å²) in [4.78, 5) is 29.2. The number of carbonyl (C=O) groups excluding carboxylic acids is 2. The summed E-state index contributed by atoms with van der Waals surface area (Å²) < 4.78 is 6.86. The Morgan fingerprint density at radius 2 is 1.62 bits per heavy atom. The van der Waals surface area contributed by atoms with Gasteiger partial charge in [0.2, 0.25) is 0 Å². The molecule has 0 aliphatic carbocycles. The monoisotopic (exact) mass is 435 g/mol. The normalized spacial score (nSPS) is 11.7. The van der Waals surface area contributed by atoms with Crippen LogP contribution in [0.5, 0.6) is 0 Å². The zero-order chi connectivity index (χ0) is 23.5. The average molecular weight is 436 g/mol. The zero-order valence-corrected chi connectivity index (χ0v) is 19.3. The third-order valence-electron chi connectivity index (χ3n) is 4.38. The van der Waals surface area contributed by atoms with E-state index in [1.165, 1.54) is 0 Å². The number of hydrogen-bond acceptors (Lipinski definition) is 5. The van der Waals surface area contributed by atoms with Gasteiger partial charge in [-0.05, 0) is 57.2 Å². The van der Waals surface area contributed by atoms with Crippen molar-refractivity contribution in [2.45, 2.75) is 52.6 Å². The van der Waals surface area contributed by atoms with Gasteiger partial charge in [-0.25, -0.2) is 9.78 Å². The molecule has 32 heavy (non-hydrogen) atoms. The summed E-state index contributed by atoms with van der Waals surface area (Å²) in [6.45, 7) is 11.5. The first-order chi connectivity index (χ1) is 14.9. The molecular weight excluding hydrogens is 406 g/mol. The maximum Gasteiger partial charge on any atom is 0.412 e. The second-order valence-electron chi connectivity index (χ2n) is 9.42. The molecule has 3 rings (SSSR count). The lowest BCUT2D eigenvalue weighted by atomic mass is 9.92. The molecule has 2 aromatic heterocycles. The van der Waals surface area contributed by atoms with Gasteiger partial charge in [-0.1, -0.05) is 26.8 Å². The van der Waals surface area contributed by atoms with Gasteiger partial charge in [-0.15, -0.1) is 0 Å². The van der Waals surface area contributed by atoms with Gasteiger partial charge in [0, 0.05) is 28.9 Å². The summed E-state index contributed by atoms with van der Waals surface area (Å²) >= 11 is 0. The van der Waals surface area contributed by atoms with E-state index >= 15 is 0 Å². The fraction of sp³-hybridized carbons (Fsp3) is 0.333. The van der Waals surface area contributed by atoms with Gasteiger partial charge >= 0.3 is 6.09 Å². The van der Waals surface area contributed by atoms with Crippen LogP contribution in [0, 0.1) is 0 Å². The predicted molar refractivity (Wildman–Crippen MR) is 124 cm³/mol. The number of anilines is 2. The topological polar surface area (TPSA) is 98.1 Å². The standard InChI is InChI=1S/C24H29N5O3/c1-23(2,3)18-15-20(29(28-18)19-9-7-8-14-25-19)27-21(30)16-10-12-17(13-11-16)26-22(31)32-24(4,5)6/h7-15H,1-6H3,(H,26,31)(H,27,30). The van der Waals surface area contributed by atoms with Gasteiger partial charge in [0.15, 0.2) is 5.82 Å². The Bertz CT molecular complexity index is 1090. The van der Waals surface area contributed by atoms with Crippen molar-refractivity contribution in [2.75, 3.05) is 10.6 Å². The quantitative estimate of drug-likeness (QED) is 0.589. The fourth-order valence-corrected chi connectivity index (χ4v) is 2.81. The van der Waals surface area contributed by atoms with Gasteiger partial charge in [-0.2, -0.15) is 9.78 Å². The Balaban J connectivity index is 1.78. The molecule has 0 saturated carbocycles. The molecule has 0 bridgehead atoms. The molecule has 2 N–H and O–H groups in total. The number of nitrogens with zero attached hydrogens (tertiary/aromatic N) is 3. The smallest absolute Gasteiger partial charge is 0.412 e. The molecule has 3 aromatic rings.